The predicted octanol–water partition coefficient (Wildman–Crippen LogP) is 0.434. The highest BCUT2D eigenvalue weighted by Gasteiger charge is 1.98. The molecule has 0 aliphatic heterocycles. The first-order valence-electron chi connectivity index (χ1n) is 4.16. The molecular formula is C7H15N3O4S. The van der Waals surface area contributed by atoms with E-state index < -0.39 is 10.4 Å². The highest BCUT2D eigenvalue weighted by molar-refractivity contribution is 7.80. The molecule has 0 spiro atoms. The van der Waals surface area contributed by atoms with Gasteiger partial charge in [0, 0.05) is 5.69 Å². The molecule has 1 aromatic heterocycles. The molecule has 4 N–H and O–H groups in total. The third-order valence-corrected chi connectivity index (χ3v) is 1.95. The molecule has 7 nitrogen and oxygen atoms in total. The molecule has 1 heterocycles. The van der Waals surface area contributed by atoms with Gasteiger partial charge in [-0.2, -0.15) is 8.42 Å². The Kier molecular flexibility index (Phi) is 5.26. The van der Waals surface area contributed by atoms with Gasteiger partial charge in [0.15, 0.2) is 5.95 Å². The average molecular weight is 237 g/mol. The highest BCUT2D eigenvalue weighted by atomic mass is 32.3. The van der Waals surface area contributed by atoms with Crippen LogP contribution in [0.2, 0.25) is 0 Å². The van der Waals surface area contributed by atoms with Crippen LogP contribution in [0.1, 0.15) is 18.3 Å². The first-order chi connectivity index (χ1) is 6.76. The second kappa shape index (κ2) is 5.69. The van der Waals surface area contributed by atoms with Crippen molar-refractivity contribution in [3.8, 4) is 0 Å². The van der Waals surface area contributed by atoms with E-state index in [1.54, 1.807) is 0 Å². The zero-order valence-corrected chi connectivity index (χ0v) is 9.63. The van der Waals surface area contributed by atoms with Crippen molar-refractivity contribution in [1.82, 2.24) is 9.97 Å². The molecule has 0 fully saturated rings. The summed E-state index contributed by atoms with van der Waals surface area (Å²) in [4.78, 5) is 6.81. The van der Waals surface area contributed by atoms with Crippen molar-refractivity contribution < 1.29 is 17.2 Å². The lowest BCUT2D eigenvalue weighted by molar-refractivity contribution is 0.283. The number of aromatic amines is 1. The van der Waals surface area contributed by atoms with Crippen molar-refractivity contribution in [3.05, 3.63) is 11.4 Å². The molecule has 0 aromatic carbocycles. The van der Waals surface area contributed by atoms with Crippen LogP contribution in [0.5, 0.6) is 0 Å². The van der Waals surface area contributed by atoms with Crippen molar-refractivity contribution in [3.63, 3.8) is 0 Å². The summed E-state index contributed by atoms with van der Waals surface area (Å²) in [5.74, 6) is 0.500. The molecular weight excluding hydrogens is 222 g/mol. The summed E-state index contributed by atoms with van der Waals surface area (Å²) in [5.41, 5.74) is 7.33. The number of nitrogens with two attached hydrogens (primary N) is 1. The van der Waals surface area contributed by atoms with Gasteiger partial charge in [0.25, 0.3) is 0 Å². The topological polar surface area (TPSA) is 118 Å². The maximum absolute atomic E-state index is 9.56. The Hall–Kier alpha value is -1.12. The van der Waals surface area contributed by atoms with Gasteiger partial charge in [-0.15, -0.1) is 0 Å². The normalized spacial score (nSPS) is 10.7. The van der Waals surface area contributed by atoms with E-state index in [0.717, 1.165) is 11.4 Å². The van der Waals surface area contributed by atoms with Gasteiger partial charge in [-0.3, -0.25) is 4.55 Å². The Morgan fingerprint density at radius 2 is 2.07 bits per heavy atom. The molecule has 0 saturated carbocycles. The number of rotatable bonds is 2. The van der Waals surface area contributed by atoms with E-state index >= 15 is 0 Å². The maximum Gasteiger partial charge on any atom is 0.397 e. The molecule has 88 valence electrons. The highest BCUT2D eigenvalue weighted by Crippen LogP contribution is 2.01. The average Bonchev–Trinajstić information content (AvgIpc) is 2.27. The summed E-state index contributed by atoms with van der Waals surface area (Å²) in [6.45, 7) is 5.30. The van der Waals surface area contributed by atoms with Crippen molar-refractivity contribution in [2.75, 3.05) is 12.3 Å². The van der Waals surface area contributed by atoms with Gasteiger partial charge in [-0.25, -0.2) is 9.17 Å². The summed E-state index contributed by atoms with van der Waals surface area (Å²) < 4.78 is 30.7. The van der Waals surface area contributed by atoms with Gasteiger partial charge in [-0.1, -0.05) is 0 Å². The minimum absolute atomic E-state index is 0.0289. The van der Waals surface area contributed by atoms with Gasteiger partial charge in [-0.05, 0) is 20.8 Å². The molecule has 0 unspecified atom stereocenters. The van der Waals surface area contributed by atoms with Crippen LogP contribution in [0.3, 0.4) is 0 Å². The molecule has 15 heavy (non-hydrogen) atoms. The molecule has 0 atom stereocenters. The number of hydrogen-bond donors (Lipinski definition) is 3. The first-order valence-corrected chi connectivity index (χ1v) is 5.53. The lowest BCUT2D eigenvalue weighted by atomic mass is 10.4. The van der Waals surface area contributed by atoms with Gasteiger partial charge in [0.05, 0.1) is 12.3 Å². The van der Waals surface area contributed by atoms with Crippen LogP contribution in [-0.4, -0.2) is 29.5 Å². The number of nitrogens with zero attached hydrogens (tertiary/aromatic N) is 1. The maximum atomic E-state index is 9.56. The van der Waals surface area contributed by atoms with E-state index in [1.807, 2.05) is 13.8 Å². The number of aromatic nitrogens is 2. The fraction of sp³-hybridized carbons (Fsp3) is 0.571. The second-order valence-electron chi connectivity index (χ2n) is 2.67. The second-order valence-corrected chi connectivity index (χ2v) is 3.76. The van der Waals surface area contributed by atoms with Crippen LogP contribution in [0.15, 0.2) is 0 Å². The number of anilines is 1. The Labute approximate surface area is 88.6 Å². The van der Waals surface area contributed by atoms with Crippen molar-refractivity contribution in [2.45, 2.75) is 20.8 Å². The first kappa shape index (κ1) is 13.9. The zero-order chi connectivity index (χ0) is 12.1. The summed E-state index contributed by atoms with van der Waals surface area (Å²) in [6, 6.07) is 0. The third-order valence-electron chi connectivity index (χ3n) is 1.41. The predicted molar refractivity (Wildman–Crippen MR) is 55.6 cm³/mol. The zero-order valence-electron chi connectivity index (χ0n) is 8.81. The van der Waals surface area contributed by atoms with E-state index in [1.165, 1.54) is 6.92 Å². The van der Waals surface area contributed by atoms with Crippen LogP contribution in [-0.2, 0) is 14.6 Å². The molecule has 0 radical (unpaired) electrons. The van der Waals surface area contributed by atoms with Crippen LogP contribution in [0.25, 0.3) is 0 Å². The Balaban J connectivity index is 0.000000265. The van der Waals surface area contributed by atoms with Gasteiger partial charge in [0.2, 0.25) is 0 Å². The molecule has 1 aromatic rings. The molecule has 0 aliphatic rings. The number of imidazole rings is 1. The largest absolute Gasteiger partial charge is 0.397 e. The summed E-state index contributed by atoms with van der Waals surface area (Å²) >= 11 is 0. The SMILES string of the molecule is CCOS(=O)(=O)O.Cc1nc(N)[nH]c1C. The molecule has 8 heteroatoms. The monoisotopic (exact) mass is 237 g/mol. The van der Waals surface area contributed by atoms with E-state index in [9.17, 15) is 8.42 Å². The molecule has 0 saturated heterocycles. The quantitative estimate of drug-likeness (QED) is 0.642. The van der Waals surface area contributed by atoms with Gasteiger partial charge in [0.1, 0.15) is 0 Å². The molecule has 1 rings (SSSR count). The van der Waals surface area contributed by atoms with Crippen LogP contribution >= 0.6 is 0 Å². The number of aryl methyl sites for hydroxylation is 2. The minimum atomic E-state index is -4.17. The van der Waals surface area contributed by atoms with Gasteiger partial charge >= 0.3 is 10.4 Å². The van der Waals surface area contributed by atoms with Gasteiger partial charge < -0.3 is 10.7 Å². The number of nitrogen functional groups attached to an aromatic ring is 1. The van der Waals surface area contributed by atoms with E-state index in [2.05, 4.69) is 14.2 Å². The van der Waals surface area contributed by atoms with E-state index in [-0.39, 0.29) is 6.61 Å². The standard InChI is InChI=1S/C5H9N3.C2H6O4S/c1-3-4(2)8-5(6)7-3;1-2-6-7(3,4)5/h1-2H3,(H3,6,7,8);2H2,1H3,(H,3,4,5). The molecule has 0 amide bonds. The van der Waals surface area contributed by atoms with E-state index in [4.69, 9.17) is 10.3 Å². The number of nitrogens with one attached hydrogen (secondary N) is 1. The Bertz CT molecular complexity index is 379. The Morgan fingerprint density at radius 1 is 1.53 bits per heavy atom. The van der Waals surface area contributed by atoms with Crippen molar-refractivity contribution >= 4 is 16.3 Å². The van der Waals surface area contributed by atoms with Crippen LogP contribution in [0, 0.1) is 13.8 Å². The number of H-pyrrole nitrogens is 1. The Morgan fingerprint density at radius 3 is 2.13 bits per heavy atom. The fourth-order valence-electron chi connectivity index (χ4n) is 0.724. The lowest BCUT2D eigenvalue weighted by Crippen LogP contribution is -2.01. The van der Waals surface area contributed by atoms with Crippen LogP contribution < -0.4 is 5.73 Å². The summed E-state index contributed by atoms with van der Waals surface area (Å²) in [7, 11) is -4.17. The minimum Gasteiger partial charge on any atom is -0.369 e. The number of hydrogen-bond acceptors (Lipinski definition) is 5. The third kappa shape index (κ3) is 6.89. The fourth-order valence-corrected chi connectivity index (χ4v) is 1.02. The summed E-state index contributed by atoms with van der Waals surface area (Å²) in [5, 5.41) is 0. The van der Waals surface area contributed by atoms with Crippen molar-refractivity contribution in [1.29, 1.82) is 0 Å². The molecule has 0 aliphatic carbocycles. The van der Waals surface area contributed by atoms with Crippen molar-refractivity contribution in [2.24, 2.45) is 0 Å². The van der Waals surface area contributed by atoms with E-state index in [0.29, 0.717) is 5.95 Å². The van der Waals surface area contributed by atoms with Crippen LogP contribution in [0.4, 0.5) is 5.95 Å². The smallest absolute Gasteiger partial charge is 0.369 e. The lowest BCUT2D eigenvalue weighted by Gasteiger charge is -1.88. The summed E-state index contributed by atoms with van der Waals surface area (Å²) in [6.07, 6.45) is 0. The molecule has 0 bridgehead atoms.